The van der Waals surface area contributed by atoms with Crippen molar-refractivity contribution in [3.05, 3.63) is 0 Å². The van der Waals surface area contributed by atoms with E-state index in [1.165, 1.54) is 57.6 Å². The zero-order chi connectivity index (χ0) is 7.54. The molecule has 0 spiro atoms. The Bertz CT molecular complexity index is 48.2. The van der Waals surface area contributed by atoms with Crippen molar-refractivity contribution in [2.45, 2.75) is 28.7 Å². The molecular formula is C5H11CaO2P. The molecule has 0 aliphatic carbocycles. The Kier molecular flexibility index (Phi) is 23.2. The van der Waals surface area contributed by atoms with Gasteiger partial charge in [0.15, 0.2) is 0 Å². The average molecular weight is 174 g/mol. The molecule has 0 bridgehead atoms. The Morgan fingerprint density at radius 2 is 2.00 bits per heavy atom. The van der Waals surface area contributed by atoms with Gasteiger partial charge in [0.05, 0.1) is 8.69 Å². The van der Waals surface area contributed by atoms with Gasteiger partial charge in [0, 0.05) is 0 Å². The minimum Gasteiger partial charge on any atom is -0.772 e. The van der Waals surface area contributed by atoms with Gasteiger partial charge >= 0.3 is 64.5 Å². The SMILES string of the molecule is CCCC[CH2][Ca+].O=P[O-]. The molecule has 0 rings (SSSR count). The van der Waals surface area contributed by atoms with Crippen molar-refractivity contribution >= 4 is 44.5 Å². The molecule has 0 aliphatic rings. The molecule has 9 heavy (non-hydrogen) atoms. The Labute approximate surface area is 82.0 Å². The molecule has 50 valence electrons. The predicted molar refractivity (Wildman–Crippen MR) is 37.7 cm³/mol. The van der Waals surface area contributed by atoms with Crippen molar-refractivity contribution in [2.24, 2.45) is 0 Å². The van der Waals surface area contributed by atoms with Crippen molar-refractivity contribution in [2.75, 3.05) is 0 Å². The van der Waals surface area contributed by atoms with Gasteiger partial charge in [-0.2, -0.15) is 0 Å². The van der Waals surface area contributed by atoms with Crippen LogP contribution in [0.2, 0.25) is 2.52 Å². The van der Waals surface area contributed by atoms with Crippen LogP contribution >= 0.6 is 8.69 Å². The summed E-state index contributed by atoms with van der Waals surface area (Å²) in [4.78, 5) is 8.35. The van der Waals surface area contributed by atoms with Crippen molar-refractivity contribution in [3.8, 4) is 0 Å². The molecular weight excluding hydrogens is 163 g/mol. The Hall–Kier alpha value is 1.32. The van der Waals surface area contributed by atoms with Gasteiger partial charge in [-0.05, 0) is 0 Å². The summed E-state index contributed by atoms with van der Waals surface area (Å²) in [6, 6.07) is 0. The molecule has 0 aromatic rings. The van der Waals surface area contributed by atoms with E-state index in [9.17, 15) is 0 Å². The summed E-state index contributed by atoms with van der Waals surface area (Å²) in [5, 5.41) is 0. The molecule has 0 heterocycles. The summed E-state index contributed by atoms with van der Waals surface area (Å²) in [6.07, 6.45) is 4.29. The van der Waals surface area contributed by atoms with Gasteiger partial charge in [0.2, 0.25) is 0 Å². The second-order valence-electron chi connectivity index (χ2n) is 1.64. The van der Waals surface area contributed by atoms with Gasteiger partial charge in [0.25, 0.3) is 0 Å². The summed E-state index contributed by atoms with van der Waals surface area (Å²) < 4.78 is 9.83. The van der Waals surface area contributed by atoms with Crippen LogP contribution in [0.4, 0.5) is 0 Å². The van der Waals surface area contributed by atoms with Gasteiger partial charge < -0.3 is 4.89 Å². The largest absolute Gasteiger partial charge is 0.772 e. The van der Waals surface area contributed by atoms with Crippen LogP contribution in [0, 0.1) is 0 Å². The number of unbranched alkanes of at least 4 members (excludes halogenated alkanes) is 2. The molecule has 2 nitrogen and oxygen atoms in total. The fourth-order valence-electron chi connectivity index (χ4n) is 0.427. The molecule has 0 amide bonds. The smallest absolute Gasteiger partial charge is 0.0642 e. The third-order valence-electron chi connectivity index (χ3n) is 0.854. The molecule has 0 saturated carbocycles. The Balaban J connectivity index is 0. The molecule has 0 radical (unpaired) electrons. The number of hydrogen-bond acceptors (Lipinski definition) is 2. The van der Waals surface area contributed by atoms with Gasteiger partial charge in [0.1, 0.15) is 0 Å². The summed E-state index contributed by atoms with van der Waals surface area (Å²) in [7, 11) is -1.08. The fourth-order valence-corrected chi connectivity index (χ4v) is 0.979. The van der Waals surface area contributed by atoms with Crippen molar-refractivity contribution in [1.29, 1.82) is 0 Å². The topological polar surface area (TPSA) is 40.1 Å². The van der Waals surface area contributed by atoms with E-state index in [1.807, 2.05) is 0 Å². The monoisotopic (exact) mass is 174 g/mol. The standard InChI is InChI=1S/C5H11.Ca.HO2P/c1-3-5-4-2;;1-3-2/h1,3-5H2,2H3;;(H,1,2)/q;+1;/p-1. The third kappa shape index (κ3) is 26.8. The van der Waals surface area contributed by atoms with Crippen LogP contribution in [-0.4, -0.2) is 35.8 Å². The first kappa shape index (κ1) is 12.9. The maximum atomic E-state index is 8.35. The molecule has 0 atom stereocenters. The normalized spacial score (nSPS) is 8.44. The summed E-state index contributed by atoms with van der Waals surface area (Å²) in [5.74, 6) is 0. The Morgan fingerprint density at radius 1 is 1.56 bits per heavy atom. The van der Waals surface area contributed by atoms with E-state index in [-0.39, 0.29) is 0 Å². The zero-order valence-electron chi connectivity index (χ0n) is 5.80. The summed E-state index contributed by atoms with van der Waals surface area (Å²) >= 11 is 1.49. The van der Waals surface area contributed by atoms with Crippen LogP contribution in [0.15, 0.2) is 0 Å². The Morgan fingerprint density at radius 3 is 2.11 bits per heavy atom. The predicted octanol–water partition coefficient (Wildman–Crippen LogP) is 1.32. The number of rotatable bonds is 3. The first-order chi connectivity index (χ1) is 4.33. The molecule has 0 unspecified atom stereocenters. The first-order valence-electron chi connectivity index (χ1n) is 3.07. The molecule has 4 heteroatoms. The molecule has 0 aromatic heterocycles. The summed E-state index contributed by atoms with van der Waals surface area (Å²) in [6.45, 7) is 2.25. The second kappa shape index (κ2) is 16.2. The summed E-state index contributed by atoms with van der Waals surface area (Å²) in [5.41, 5.74) is 0. The van der Waals surface area contributed by atoms with E-state index in [2.05, 4.69) is 6.92 Å². The molecule has 0 aliphatic heterocycles. The van der Waals surface area contributed by atoms with E-state index in [0.29, 0.717) is 0 Å². The van der Waals surface area contributed by atoms with E-state index in [4.69, 9.17) is 9.46 Å². The van der Waals surface area contributed by atoms with Crippen molar-refractivity contribution < 1.29 is 9.46 Å². The van der Waals surface area contributed by atoms with Crippen LogP contribution in [0.3, 0.4) is 0 Å². The molecule has 0 saturated heterocycles. The van der Waals surface area contributed by atoms with Crippen LogP contribution in [0.1, 0.15) is 26.2 Å². The molecule has 0 fully saturated rings. The maximum Gasteiger partial charge on any atom is 0.0642 e. The fraction of sp³-hybridized carbons (Fsp3) is 1.00. The minimum atomic E-state index is -1.08. The quantitative estimate of drug-likeness (QED) is 0.368. The molecule has 0 aromatic carbocycles. The van der Waals surface area contributed by atoms with Gasteiger partial charge in [-0.1, -0.05) is 0 Å². The van der Waals surface area contributed by atoms with Gasteiger partial charge in [-0.15, -0.1) is 0 Å². The van der Waals surface area contributed by atoms with Crippen LogP contribution in [0.5, 0.6) is 0 Å². The minimum absolute atomic E-state index is 1.08. The van der Waals surface area contributed by atoms with E-state index < -0.39 is 8.69 Å². The zero-order valence-corrected chi connectivity index (χ0v) is 8.90. The van der Waals surface area contributed by atoms with Crippen LogP contribution in [0.25, 0.3) is 0 Å². The maximum absolute atomic E-state index is 8.35. The van der Waals surface area contributed by atoms with E-state index in [1.54, 1.807) is 0 Å². The van der Waals surface area contributed by atoms with Crippen LogP contribution in [-0.2, 0) is 4.57 Å². The van der Waals surface area contributed by atoms with Crippen LogP contribution < -0.4 is 4.89 Å². The second-order valence-corrected chi connectivity index (χ2v) is 2.89. The van der Waals surface area contributed by atoms with E-state index >= 15 is 0 Å². The first-order valence-corrected chi connectivity index (χ1v) is 5.36. The van der Waals surface area contributed by atoms with Crippen molar-refractivity contribution in [3.63, 3.8) is 0 Å². The van der Waals surface area contributed by atoms with E-state index in [0.717, 1.165) is 0 Å². The van der Waals surface area contributed by atoms with Crippen molar-refractivity contribution in [1.82, 2.24) is 0 Å². The molecule has 0 N–H and O–H groups in total. The average Bonchev–Trinajstić information content (AvgIpc) is 1.86. The third-order valence-corrected chi connectivity index (χ3v) is 1.63. The van der Waals surface area contributed by atoms with Gasteiger partial charge in [-0.25, -0.2) is 0 Å². The number of hydrogen-bond donors (Lipinski definition) is 0. The van der Waals surface area contributed by atoms with Gasteiger partial charge in [-0.3, -0.25) is 4.57 Å².